The number of rotatable bonds is 3. The molecule has 2 N–H and O–H groups in total. The van der Waals surface area contributed by atoms with Gasteiger partial charge in [0.05, 0.1) is 0 Å². The molecule has 0 spiro atoms. The maximum absolute atomic E-state index is 5.63. The molecule has 0 bridgehead atoms. The number of hydrogen-bond donors (Lipinski definition) is 1. The smallest absolute Gasteiger partial charge is 0.108 e. The highest BCUT2D eigenvalue weighted by atomic mass is 15.1. The zero-order valence-corrected chi connectivity index (χ0v) is 8.87. The predicted molar refractivity (Wildman–Crippen MR) is 57.3 cm³/mol. The van der Waals surface area contributed by atoms with Crippen molar-refractivity contribution in [1.29, 1.82) is 0 Å². The Balaban J connectivity index is 2.26. The molecule has 14 heavy (non-hydrogen) atoms. The van der Waals surface area contributed by atoms with Crippen LogP contribution in [0.5, 0.6) is 0 Å². The molecular formula is C11H19N3. The quantitative estimate of drug-likeness (QED) is 0.793. The third kappa shape index (κ3) is 1.57. The molecule has 78 valence electrons. The van der Waals surface area contributed by atoms with Crippen molar-refractivity contribution in [3.63, 3.8) is 0 Å². The number of aryl methyl sites for hydroxylation is 1. The minimum Gasteiger partial charge on any atom is -0.332 e. The molecule has 1 aromatic rings. The number of nitrogens with two attached hydrogens (primary N) is 1. The Morgan fingerprint density at radius 1 is 1.64 bits per heavy atom. The molecule has 1 aliphatic rings. The van der Waals surface area contributed by atoms with Gasteiger partial charge in [0.2, 0.25) is 0 Å². The van der Waals surface area contributed by atoms with Crippen LogP contribution < -0.4 is 5.73 Å². The van der Waals surface area contributed by atoms with Crippen molar-refractivity contribution in [3.05, 3.63) is 17.7 Å². The summed E-state index contributed by atoms with van der Waals surface area (Å²) < 4.78 is 2.39. The molecule has 1 unspecified atom stereocenters. The lowest BCUT2D eigenvalue weighted by molar-refractivity contribution is 0.431. The molecule has 2 heterocycles. The summed E-state index contributed by atoms with van der Waals surface area (Å²) >= 11 is 0. The largest absolute Gasteiger partial charge is 0.332 e. The summed E-state index contributed by atoms with van der Waals surface area (Å²) in [6.45, 7) is 4.11. The lowest BCUT2D eigenvalue weighted by atomic mass is 9.93. The molecule has 0 aliphatic carbocycles. The summed E-state index contributed by atoms with van der Waals surface area (Å²) in [5, 5.41) is 0. The van der Waals surface area contributed by atoms with Gasteiger partial charge in [0.1, 0.15) is 5.82 Å². The van der Waals surface area contributed by atoms with Crippen molar-refractivity contribution in [2.45, 2.75) is 45.1 Å². The molecule has 0 aromatic carbocycles. The highest BCUT2D eigenvalue weighted by molar-refractivity contribution is 5.13. The highest BCUT2D eigenvalue weighted by Gasteiger charge is 2.21. The Hall–Kier alpha value is -0.830. The summed E-state index contributed by atoms with van der Waals surface area (Å²) in [6, 6.07) is 0. The third-order valence-electron chi connectivity index (χ3n) is 3.15. The van der Waals surface area contributed by atoms with E-state index in [-0.39, 0.29) is 0 Å². The minimum absolute atomic E-state index is 0.654. The first-order chi connectivity index (χ1) is 6.86. The summed E-state index contributed by atoms with van der Waals surface area (Å²) in [5.74, 6) is 1.89. The third-order valence-corrected chi connectivity index (χ3v) is 3.15. The maximum atomic E-state index is 5.63. The van der Waals surface area contributed by atoms with E-state index in [0.717, 1.165) is 25.9 Å². The first-order valence-electron chi connectivity index (χ1n) is 5.61. The van der Waals surface area contributed by atoms with Gasteiger partial charge in [-0.2, -0.15) is 0 Å². The molecule has 3 heteroatoms. The van der Waals surface area contributed by atoms with E-state index in [1.165, 1.54) is 24.4 Å². The molecular weight excluding hydrogens is 174 g/mol. The van der Waals surface area contributed by atoms with Crippen LogP contribution >= 0.6 is 0 Å². The van der Waals surface area contributed by atoms with Gasteiger partial charge in [-0.15, -0.1) is 0 Å². The summed E-state index contributed by atoms with van der Waals surface area (Å²) in [4.78, 5) is 4.47. The number of aromatic nitrogens is 2. The molecule has 2 rings (SSSR count). The average molecular weight is 193 g/mol. The Bertz CT molecular complexity index is 303. The molecule has 0 amide bonds. The van der Waals surface area contributed by atoms with Crippen molar-refractivity contribution < 1.29 is 0 Å². The van der Waals surface area contributed by atoms with Gasteiger partial charge in [0.15, 0.2) is 0 Å². The van der Waals surface area contributed by atoms with Crippen LogP contribution in [0.1, 0.15) is 43.6 Å². The zero-order valence-electron chi connectivity index (χ0n) is 8.87. The van der Waals surface area contributed by atoms with Gasteiger partial charge < -0.3 is 10.3 Å². The van der Waals surface area contributed by atoms with Gasteiger partial charge in [-0.25, -0.2) is 4.98 Å². The molecule has 0 radical (unpaired) electrons. The van der Waals surface area contributed by atoms with E-state index in [1.54, 1.807) is 0 Å². The fraction of sp³-hybridized carbons (Fsp3) is 0.727. The first-order valence-corrected chi connectivity index (χ1v) is 5.61. The van der Waals surface area contributed by atoms with Crippen LogP contribution in [0.15, 0.2) is 6.20 Å². The normalized spacial score (nSPS) is 20.9. The first kappa shape index (κ1) is 9.71. The van der Waals surface area contributed by atoms with Gasteiger partial charge in [-0.05, 0) is 25.8 Å². The van der Waals surface area contributed by atoms with Gasteiger partial charge in [0, 0.05) is 30.8 Å². The van der Waals surface area contributed by atoms with E-state index in [9.17, 15) is 0 Å². The monoisotopic (exact) mass is 193 g/mol. The van der Waals surface area contributed by atoms with E-state index in [0.29, 0.717) is 5.92 Å². The van der Waals surface area contributed by atoms with Crippen molar-refractivity contribution in [1.82, 2.24) is 9.55 Å². The highest BCUT2D eigenvalue weighted by Crippen LogP contribution is 2.30. The molecule has 0 saturated carbocycles. The second-order valence-electron chi connectivity index (χ2n) is 4.02. The molecule has 1 aromatic heterocycles. The van der Waals surface area contributed by atoms with Crippen LogP contribution in [0.3, 0.4) is 0 Å². The van der Waals surface area contributed by atoms with Crippen molar-refractivity contribution >= 4 is 0 Å². The van der Waals surface area contributed by atoms with Crippen LogP contribution in [-0.4, -0.2) is 16.1 Å². The van der Waals surface area contributed by atoms with E-state index < -0.39 is 0 Å². The molecule has 3 nitrogen and oxygen atoms in total. The van der Waals surface area contributed by atoms with Crippen LogP contribution in [0, 0.1) is 0 Å². The zero-order chi connectivity index (χ0) is 9.97. The predicted octanol–water partition coefficient (Wildman–Crippen LogP) is 1.67. The van der Waals surface area contributed by atoms with Gasteiger partial charge in [-0.3, -0.25) is 0 Å². The lowest BCUT2D eigenvalue weighted by Crippen LogP contribution is -2.19. The summed E-state index contributed by atoms with van der Waals surface area (Å²) in [5.41, 5.74) is 7.04. The van der Waals surface area contributed by atoms with Crippen LogP contribution in [-0.2, 0) is 13.0 Å². The Kier molecular flexibility index (Phi) is 2.87. The van der Waals surface area contributed by atoms with Crippen LogP contribution in [0.25, 0.3) is 0 Å². The molecule has 0 fully saturated rings. The van der Waals surface area contributed by atoms with Crippen LogP contribution in [0.4, 0.5) is 0 Å². The van der Waals surface area contributed by atoms with E-state index in [2.05, 4.69) is 22.7 Å². The second-order valence-corrected chi connectivity index (χ2v) is 4.02. The SMILES string of the molecule is CCc1ncc2n1CCCC2CCN. The molecule has 1 aliphatic heterocycles. The number of hydrogen-bond acceptors (Lipinski definition) is 2. The Morgan fingerprint density at radius 2 is 2.50 bits per heavy atom. The Labute approximate surface area is 85.3 Å². The lowest BCUT2D eigenvalue weighted by Gasteiger charge is -2.24. The number of imidazole rings is 1. The van der Waals surface area contributed by atoms with Gasteiger partial charge in [-0.1, -0.05) is 6.92 Å². The molecule has 0 saturated heterocycles. The van der Waals surface area contributed by atoms with E-state index in [4.69, 9.17) is 5.73 Å². The van der Waals surface area contributed by atoms with Crippen molar-refractivity contribution in [2.75, 3.05) is 6.54 Å². The standard InChI is InChI=1S/C11H19N3/c1-2-11-13-8-10-9(5-6-12)4-3-7-14(10)11/h8-9H,2-7,12H2,1H3. The fourth-order valence-corrected chi connectivity index (χ4v) is 2.43. The number of fused-ring (bicyclic) bond motifs is 1. The second kappa shape index (κ2) is 4.13. The van der Waals surface area contributed by atoms with Crippen molar-refractivity contribution in [2.24, 2.45) is 5.73 Å². The van der Waals surface area contributed by atoms with E-state index >= 15 is 0 Å². The summed E-state index contributed by atoms with van der Waals surface area (Å²) in [7, 11) is 0. The number of nitrogens with zero attached hydrogens (tertiary/aromatic N) is 2. The van der Waals surface area contributed by atoms with Gasteiger partial charge >= 0.3 is 0 Å². The fourth-order valence-electron chi connectivity index (χ4n) is 2.43. The van der Waals surface area contributed by atoms with Crippen LogP contribution in [0.2, 0.25) is 0 Å². The topological polar surface area (TPSA) is 43.8 Å². The minimum atomic E-state index is 0.654. The average Bonchev–Trinajstić information content (AvgIpc) is 2.62. The maximum Gasteiger partial charge on any atom is 0.108 e. The van der Waals surface area contributed by atoms with Crippen molar-refractivity contribution in [3.8, 4) is 0 Å². The van der Waals surface area contributed by atoms with Gasteiger partial charge in [0.25, 0.3) is 0 Å². The summed E-state index contributed by atoms with van der Waals surface area (Å²) in [6.07, 6.45) is 6.76. The van der Waals surface area contributed by atoms with E-state index in [1.807, 2.05) is 0 Å². The Morgan fingerprint density at radius 3 is 3.21 bits per heavy atom. The molecule has 1 atom stereocenters.